The number of nitrogens with one attached hydrogen (secondary N) is 2. The van der Waals surface area contributed by atoms with Gasteiger partial charge in [0.1, 0.15) is 0 Å². The Morgan fingerprint density at radius 3 is 2.39 bits per heavy atom. The van der Waals surface area contributed by atoms with Crippen LogP contribution in [0.25, 0.3) is 0 Å². The normalized spacial score (nSPS) is 16.4. The van der Waals surface area contributed by atoms with E-state index < -0.39 is 0 Å². The molecule has 1 aliphatic rings. The van der Waals surface area contributed by atoms with Gasteiger partial charge in [-0.25, -0.2) is 0 Å². The fraction of sp³-hybridized carbons (Fsp3) is 0.696. The molecular weight excluding hydrogens is 505 g/mol. The maximum atomic E-state index is 5.75. The fourth-order valence-electron chi connectivity index (χ4n) is 3.56. The highest BCUT2D eigenvalue weighted by atomic mass is 127. The van der Waals surface area contributed by atoms with Crippen LogP contribution in [-0.2, 0) is 0 Å². The summed E-state index contributed by atoms with van der Waals surface area (Å²) in [6.45, 7) is 14.2. The first kappa shape index (κ1) is 27.8. The number of rotatable bonds is 11. The Kier molecular flexibility index (Phi) is 13.9. The van der Waals surface area contributed by atoms with Gasteiger partial charge in [0, 0.05) is 39.8 Å². The van der Waals surface area contributed by atoms with Gasteiger partial charge >= 0.3 is 0 Å². The van der Waals surface area contributed by atoms with E-state index in [1.807, 2.05) is 27.0 Å². The maximum absolute atomic E-state index is 5.75. The van der Waals surface area contributed by atoms with Crippen molar-refractivity contribution in [3.05, 3.63) is 23.8 Å². The monoisotopic (exact) mass is 547 g/mol. The largest absolute Gasteiger partial charge is 0.490 e. The summed E-state index contributed by atoms with van der Waals surface area (Å²) in [7, 11) is 4.02. The van der Waals surface area contributed by atoms with E-state index in [-0.39, 0.29) is 30.0 Å². The van der Waals surface area contributed by atoms with Crippen LogP contribution < -0.4 is 20.1 Å². The second-order valence-corrected chi connectivity index (χ2v) is 7.79. The minimum Gasteiger partial charge on any atom is -0.490 e. The zero-order valence-corrected chi connectivity index (χ0v) is 22.3. The first-order valence-electron chi connectivity index (χ1n) is 11.3. The van der Waals surface area contributed by atoms with E-state index in [1.54, 1.807) is 0 Å². The van der Waals surface area contributed by atoms with E-state index in [0.29, 0.717) is 13.2 Å². The third-order valence-corrected chi connectivity index (χ3v) is 5.43. The van der Waals surface area contributed by atoms with Gasteiger partial charge in [-0.1, -0.05) is 6.07 Å². The number of piperazine rings is 1. The maximum Gasteiger partial charge on any atom is 0.191 e. The van der Waals surface area contributed by atoms with Crippen molar-refractivity contribution in [2.45, 2.75) is 39.7 Å². The quantitative estimate of drug-likeness (QED) is 0.192. The summed E-state index contributed by atoms with van der Waals surface area (Å²) < 4.78 is 11.4. The summed E-state index contributed by atoms with van der Waals surface area (Å²) in [5, 5.41) is 6.92. The molecule has 1 aliphatic heterocycles. The molecule has 8 heteroatoms. The molecule has 1 unspecified atom stereocenters. The van der Waals surface area contributed by atoms with Gasteiger partial charge < -0.3 is 29.9 Å². The average Bonchev–Trinajstić information content (AvgIpc) is 2.75. The number of guanidine groups is 1. The molecule has 1 aromatic rings. The highest BCUT2D eigenvalue weighted by Gasteiger charge is 2.14. The number of aliphatic imine (C=N–C) groups is 1. The molecule has 178 valence electrons. The van der Waals surface area contributed by atoms with E-state index >= 15 is 0 Å². The molecule has 1 saturated heterocycles. The highest BCUT2D eigenvalue weighted by Crippen LogP contribution is 2.30. The lowest BCUT2D eigenvalue weighted by molar-refractivity contribution is 0.152. The van der Waals surface area contributed by atoms with Crippen LogP contribution in [0.15, 0.2) is 23.2 Å². The van der Waals surface area contributed by atoms with Crippen molar-refractivity contribution in [3.8, 4) is 11.5 Å². The third kappa shape index (κ3) is 9.82. The first-order valence-corrected chi connectivity index (χ1v) is 11.3. The molecule has 1 atom stereocenters. The number of ether oxygens (including phenoxy) is 2. The second-order valence-electron chi connectivity index (χ2n) is 7.79. The molecule has 2 rings (SSSR count). The molecule has 2 N–H and O–H groups in total. The zero-order chi connectivity index (χ0) is 21.8. The van der Waals surface area contributed by atoms with Crippen LogP contribution in [0.1, 0.15) is 45.2 Å². The van der Waals surface area contributed by atoms with Gasteiger partial charge in [-0.05, 0) is 64.9 Å². The Bertz CT molecular complexity index is 651. The smallest absolute Gasteiger partial charge is 0.191 e. The molecule has 1 aromatic carbocycles. The van der Waals surface area contributed by atoms with Crippen LogP contribution in [0.5, 0.6) is 11.5 Å². The van der Waals surface area contributed by atoms with E-state index in [0.717, 1.165) is 36.0 Å². The van der Waals surface area contributed by atoms with Gasteiger partial charge in [-0.2, -0.15) is 0 Å². The standard InChI is InChI=1S/C23H41N5O2.HI/c1-6-29-21-11-10-20(18-22(21)30-7-2)19(3)26-23(24-4)25-12-8-9-13-28-16-14-27(5)15-17-28;/h10-11,18-19H,6-9,12-17H2,1-5H3,(H2,24,25,26);1H. The predicted octanol–water partition coefficient (Wildman–Crippen LogP) is 3.36. The van der Waals surface area contributed by atoms with Crippen LogP contribution in [0.2, 0.25) is 0 Å². The van der Waals surface area contributed by atoms with Crippen LogP contribution in [0.4, 0.5) is 0 Å². The molecule has 31 heavy (non-hydrogen) atoms. The summed E-state index contributed by atoms with van der Waals surface area (Å²) in [5.74, 6) is 2.41. The summed E-state index contributed by atoms with van der Waals surface area (Å²) in [4.78, 5) is 9.34. The van der Waals surface area contributed by atoms with E-state index in [1.165, 1.54) is 39.1 Å². The second kappa shape index (κ2) is 15.5. The molecular formula is C23H42IN5O2. The molecule has 0 aliphatic carbocycles. The number of unbranched alkanes of at least 4 members (excludes halogenated alkanes) is 1. The molecule has 1 heterocycles. The van der Waals surface area contributed by atoms with Crippen molar-refractivity contribution in [2.75, 3.05) is 66.6 Å². The lowest BCUT2D eigenvalue weighted by Crippen LogP contribution is -2.44. The third-order valence-electron chi connectivity index (χ3n) is 5.43. The first-order chi connectivity index (χ1) is 14.6. The number of hydrogen-bond acceptors (Lipinski definition) is 5. The predicted molar refractivity (Wildman–Crippen MR) is 140 cm³/mol. The van der Waals surface area contributed by atoms with Crippen molar-refractivity contribution in [1.29, 1.82) is 0 Å². The van der Waals surface area contributed by atoms with E-state index in [4.69, 9.17) is 9.47 Å². The van der Waals surface area contributed by atoms with Gasteiger partial charge in [-0.3, -0.25) is 4.99 Å². The summed E-state index contributed by atoms with van der Waals surface area (Å²) >= 11 is 0. The molecule has 0 amide bonds. The molecule has 0 radical (unpaired) electrons. The lowest BCUT2D eigenvalue weighted by atomic mass is 10.1. The summed E-state index contributed by atoms with van der Waals surface area (Å²) in [6.07, 6.45) is 2.35. The average molecular weight is 548 g/mol. The number of halogens is 1. The molecule has 0 spiro atoms. The molecule has 0 aromatic heterocycles. The Balaban J connectivity index is 0.00000480. The lowest BCUT2D eigenvalue weighted by Gasteiger charge is -2.32. The van der Waals surface area contributed by atoms with Crippen LogP contribution >= 0.6 is 24.0 Å². The van der Waals surface area contributed by atoms with Gasteiger partial charge in [-0.15, -0.1) is 24.0 Å². The van der Waals surface area contributed by atoms with Crippen molar-refractivity contribution >= 4 is 29.9 Å². The van der Waals surface area contributed by atoms with Gasteiger partial charge in [0.05, 0.1) is 19.3 Å². The Labute approximate surface area is 206 Å². The SMILES string of the molecule is CCOc1ccc(C(C)NC(=NC)NCCCCN2CCN(C)CC2)cc1OCC.I. The fourth-order valence-corrected chi connectivity index (χ4v) is 3.56. The van der Waals surface area contributed by atoms with Crippen molar-refractivity contribution in [2.24, 2.45) is 4.99 Å². The molecule has 7 nitrogen and oxygen atoms in total. The van der Waals surface area contributed by atoms with Crippen LogP contribution in [0.3, 0.4) is 0 Å². The summed E-state index contributed by atoms with van der Waals surface area (Å²) in [6, 6.07) is 6.22. The van der Waals surface area contributed by atoms with Crippen LogP contribution in [0, 0.1) is 0 Å². The van der Waals surface area contributed by atoms with Gasteiger partial charge in [0.15, 0.2) is 17.5 Å². The van der Waals surface area contributed by atoms with E-state index in [9.17, 15) is 0 Å². The number of benzene rings is 1. The van der Waals surface area contributed by atoms with Crippen molar-refractivity contribution < 1.29 is 9.47 Å². The number of likely N-dealkylation sites (N-methyl/N-ethyl adjacent to an activating group) is 1. The van der Waals surface area contributed by atoms with Crippen LogP contribution in [-0.4, -0.2) is 82.3 Å². The molecule has 1 fully saturated rings. The molecule has 0 bridgehead atoms. The Morgan fingerprint density at radius 1 is 1.06 bits per heavy atom. The number of nitrogens with zero attached hydrogens (tertiary/aromatic N) is 3. The molecule has 0 saturated carbocycles. The van der Waals surface area contributed by atoms with E-state index in [2.05, 4.69) is 51.5 Å². The minimum atomic E-state index is 0. The Hall–Kier alpha value is -1.26. The Morgan fingerprint density at radius 2 is 1.74 bits per heavy atom. The van der Waals surface area contributed by atoms with Crippen molar-refractivity contribution in [1.82, 2.24) is 20.4 Å². The zero-order valence-electron chi connectivity index (χ0n) is 19.9. The highest BCUT2D eigenvalue weighted by molar-refractivity contribution is 14.0. The van der Waals surface area contributed by atoms with Gasteiger partial charge in [0.2, 0.25) is 0 Å². The van der Waals surface area contributed by atoms with Gasteiger partial charge in [0.25, 0.3) is 0 Å². The number of hydrogen-bond donors (Lipinski definition) is 2. The summed E-state index contributed by atoms with van der Waals surface area (Å²) in [5.41, 5.74) is 1.14. The minimum absolute atomic E-state index is 0. The van der Waals surface area contributed by atoms with Crippen molar-refractivity contribution in [3.63, 3.8) is 0 Å². The topological polar surface area (TPSA) is 61.4 Å².